The molecule has 7 nitrogen and oxygen atoms in total. The molecule has 5 aromatic rings. The molecule has 0 aliphatic carbocycles. The second-order valence-corrected chi connectivity index (χ2v) is 10.9. The Morgan fingerprint density at radius 3 is 2.13 bits per heavy atom. The fraction of sp³-hybridized carbons (Fsp3) is 0.171. The molecule has 0 spiro atoms. The van der Waals surface area contributed by atoms with Crippen molar-refractivity contribution in [3.8, 4) is 0 Å². The molecule has 45 heavy (non-hydrogen) atoms. The molecule has 10 heteroatoms. The first-order valence-electron chi connectivity index (χ1n) is 14.4. The van der Waals surface area contributed by atoms with Crippen molar-refractivity contribution in [2.24, 2.45) is 4.99 Å². The lowest BCUT2D eigenvalue weighted by molar-refractivity contribution is -0.137. The third-order valence-electron chi connectivity index (χ3n) is 7.62. The van der Waals surface area contributed by atoms with Gasteiger partial charge in [0.25, 0.3) is 5.91 Å². The number of nitrogens with zero attached hydrogens (tertiary/aromatic N) is 5. The highest BCUT2D eigenvalue weighted by molar-refractivity contribution is 6.14. The number of ketones is 1. The Morgan fingerprint density at radius 2 is 1.53 bits per heavy atom. The number of aliphatic imine (C=N–C) groups is 1. The Morgan fingerprint density at radius 1 is 0.911 bits per heavy atom. The lowest BCUT2D eigenvalue weighted by Gasteiger charge is -2.32. The van der Waals surface area contributed by atoms with E-state index >= 15 is 0 Å². The van der Waals surface area contributed by atoms with E-state index in [2.05, 4.69) is 10.1 Å². The van der Waals surface area contributed by atoms with Crippen molar-refractivity contribution in [1.29, 1.82) is 0 Å². The van der Waals surface area contributed by atoms with Crippen LogP contribution < -0.4 is 4.90 Å². The fourth-order valence-electron chi connectivity index (χ4n) is 5.45. The Labute approximate surface area is 257 Å². The van der Waals surface area contributed by atoms with E-state index < -0.39 is 17.6 Å². The van der Waals surface area contributed by atoms with Gasteiger partial charge in [-0.05, 0) is 50.2 Å². The van der Waals surface area contributed by atoms with E-state index in [-0.39, 0.29) is 30.5 Å². The van der Waals surface area contributed by atoms with Crippen molar-refractivity contribution in [3.05, 3.63) is 142 Å². The predicted octanol–water partition coefficient (Wildman–Crippen LogP) is 7.42. The van der Waals surface area contributed by atoms with Crippen LogP contribution in [0.3, 0.4) is 0 Å². The van der Waals surface area contributed by atoms with E-state index in [9.17, 15) is 22.8 Å². The number of rotatable bonds is 7. The van der Waals surface area contributed by atoms with E-state index in [0.717, 1.165) is 23.3 Å². The zero-order valence-electron chi connectivity index (χ0n) is 24.5. The van der Waals surface area contributed by atoms with Crippen LogP contribution in [-0.2, 0) is 12.6 Å². The summed E-state index contributed by atoms with van der Waals surface area (Å²) in [5.74, 6) is -0.309. The molecule has 0 unspecified atom stereocenters. The topological polar surface area (TPSA) is 80.5 Å². The van der Waals surface area contributed by atoms with Gasteiger partial charge in [0, 0.05) is 46.6 Å². The molecule has 1 amide bonds. The number of aryl methyl sites for hydroxylation is 1. The van der Waals surface area contributed by atoms with Gasteiger partial charge in [-0.25, -0.2) is 9.98 Å². The van der Waals surface area contributed by atoms with Crippen molar-refractivity contribution in [2.75, 3.05) is 11.4 Å². The Kier molecular flexibility index (Phi) is 7.88. The monoisotopic (exact) mass is 607 g/mol. The van der Waals surface area contributed by atoms with Crippen LogP contribution in [0.4, 0.5) is 24.7 Å². The summed E-state index contributed by atoms with van der Waals surface area (Å²) in [6.45, 7) is 3.87. The Balaban J connectivity index is 1.30. The smallest absolute Gasteiger partial charge is 0.305 e. The molecule has 1 aliphatic heterocycles. The molecule has 3 heterocycles. The maximum atomic E-state index is 13.7. The van der Waals surface area contributed by atoms with Gasteiger partial charge in [-0.3, -0.25) is 14.3 Å². The van der Waals surface area contributed by atoms with Gasteiger partial charge in [-0.1, -0.05) is 60.7 Å². The summed E-state index contributed by atoms with van der Waals surface area (Å²) in [5.41, 5.74) is 3.71. The minimum Gasteiger partial charge on any atom is -0.305 e. The van der Waals surface area contributed by atoms with Gasteiger partial charge in [0.1, 0.15) is 5.69 Å². The first kappa shape index (κ1) is 29.7. The van der Waals surface area contributed by atoms with Crippen LogP contribution in [0.25, 0.3) is 0 Å². The first-order valence-corrected chi connectivity index (χ1v) is 14.4. The Hall–Kier alpha value is -5.38. The molecule has 2 aromatic heterocycles. The van der Waals surface area contributed by atoms with E-state index in [1.54, 1.807) is 23.7 Å². The molecule has 0 N–H and O–H groups in total. The van der Waals surface area contributed by atoms with Gasteiger partial charge in [-0.15, -0.1) is 0 Å². The SMILES string of the molecule is Cc1cc(C(=O)Cc2cnn3c2C(=O)N(c2ccc(C(F)(F)F)cc2)C[C@@H]3C)cc(N=C(c2ccccc2)c2ccccc2)n1. The van der Waals surface area contributed by atoms with Gasteiger partial charge >= 0.3 is 6.18 Å². The first-order chi connectivity index (χ1) is 21.6. The highest BCUT2D eigenvalue weighted by Gasteiger charge is 2.35. The summed E-state index contributed by atoms with van der Waals surface area (Å²) in [6, 6.07) is 27.0. The molecular weight excluding hydrogens is 579 g/mol. The fourth-order valence-corrected chi connectivity index (χ4v) is 5.45. The highest BCUT2D eigenvalue weighted by atomic mass is 19.4. The van der Waals surface area contributed by atoms with E-state index in [1.807, 2.05) is 67.6 Å². The molecule has 6 rings (SSSR count). The predicted molar refractivity (Wildman–Crippen MR) is 165 cm³/mol. The van der Waals surface area contributed by atoms with E-state index in [4.69, 9.17) is 4.99 Å². The molecule has 3 aromatic carbocycles. The van der Waals surface area contributed by atoms with Crippen molar-refractivity contribution in [2.45, 2.75) is 32.5 Å². The number of Topliss-reactive ketones (excluding diaryl/α,β-unsaturated/α-hetero) is 1. The van der Waals surface area contributed by atoms with Gasteiger partial charge < -0.3 is 4.90 Å². The van der Waals surface area contributed by atoms with E-state index in [1.165, 1.54) is 23.2 Å². The van der Waals surface area contributed by atoms with Crippen LogP contribution in [0.2, 0.25) is 0 Å². The number of hydrogen-bond donors (Lipinski definition) is 0. The number of amides is 1. The summed E-state index contributed by atoms with van der Waals surface area (Å²) < 4.78 is 40.9. The molecular formula is C35H28F3N5O2. The van der Waals surface area contributed by atoms with Crippen LogP contribution in [0.5, 0.6) is 0 Å². The molecule has 0 saturated carbocycles. The molecule has 0 fully saturated rings. The lowest BCUT2D eigenvalue weighted by Crippen LogP contribution is -2.43. The highest BCUT2D eigenvalue weighted by Crippen LogP contribution is 2.33. The summed E-state index contributed by atoms with van der Waals surface area (Å²) in [6.07, 6.45) is -3.08. The zero-order chi connectivity index (χ0) is 31.7. The minimum atomic E-state index is -4.48. The molecule has 226 valence electrons. The number of carbonyl (C=O) groups is 2. The summed E-state index contributed by atoms with van der Waals surface area (Å²) >= 11 is 0. The molecule has 0 saturated heterocycles. The largest absolute Gasteiger partial charge is 0.416 e. The summed E-state index contributed by atoms with van der Waals surface area (Å²) in [7, 11) is 0. The number of anilines is 1. The molecule has 0 radical (unpaired) electrons. The quantitative estimate of drug-likeness (QED) is 0.142. The minimum absolute atomic E-state index is 0.106. The number of carbonyl (C=O) groups excluding carboxylic acids is 2. The number of hydrogen-bond acceptors (Lipinski definition) is 5. The second-order valence-electron chi connectivity index (χ2n) is 10.9. The molecule has 0 bridgehead atoms. The van der Waals surface area contributed by atoms with Crippen molar-refractivity contribution < 1.29 is 22.8 Å². The molecule has 1 aliphatic rings. The standard InChI is InChI=1S/C35H28F3N5O2/c1-22-17-26(19-31(40-22)41-32(24-9-5-3-6-10-24)25-11-7-4-8-12-25)30(44)18-27-20-39-43-23(2)21-42(34(45)33(27)43)29-15-13-28(14-16-29)35(36,37)38/h3-17,19-20,23H,18,21H2,1-2H3/t23-/m0/s1. The van der Waals surface area contributed by atoms with Gasteiger partial charge in [-0.2, -0.15) is 18.3 Å². The van der Waals surface area contributed by atoms with Crippen LogP contribution in [-0.4, -0.2) is 38.7 Å². The Bertz CT molecular complexity index is 1860. The van der Waals surface area contributed by atoms with Crippen LogP contribution >= 0.6 is 0 Å². The van der Waals surface area contributed by atoms with Crippen LogP contribution in [0, 0.1) is 6.92 Å². The third kappa shape index (κ3) is 6.17. The van der Waals surface area contributed by atoms with Gasteiger partial charge in [0.2, 0.25) is 0 Å². The summed E-state index contributed by atoms with van der Waals surface area (Å²) in [4.78, 5) is 38.2. The zero-order valence-corrected chi connectivity index (χ0v) is 24.5. The summed E-state index contributed by atoms with van der Waals surface area (Å²) in [5, 5.41) is 4.39. The van der Waals surface area contributed by atoms with Crippen molar-refractivity contribution in [3.63, 3.8) is 0 Å². The number of halogens is 3. The van der Waals surface area contributed by atoms with Crippen LogP contribution in [0.15, 0.2) is 108 Å². The van der Waals surface area contributed by atoms with Crippen molar-refractivity contribution >= 4 is 28.9 Å². The maximum absolute atomic E-state index is 13.7. The number of pyridine rings is 1. The lowest BCUT2D eigenvalue weighted by atomic mass is 10.0. The van der Waals surface area contributed by atoms with Crippen LogP contribution in [0.1, 0.15) is 61.8 Å². The average Bonchev–Trinajstić information content (AvgIpc) is 3.46. The second kappa shape index (κ2) is 12.0. The van der Waals surface area contributed by atoms with Crippen molar-refractivity contribution in [1.82, 2.24) is 14.8 Å². The third-order valence-corrected chi connectivity index (χ3v) is 7.62. The molecule has 1 atom stereocenters. The van der Waals surface area contributed by atoms with Gasteiger partial charge in [0.05, 0.1) is 23.5 Å². The number of benzene rings is 3. The van der Waals surface area contributed by atoms with E-state index in [0.29, 0.717) is 34.0 Å². The average molecular weight is 608 g/mol. The normalized spacial score (nSPS) is 14.6. The van der Waals surface area contributed by atoms with Gasteiger partial charge in [0.15, 0.2) is 11.6 Å². The number of fused-ring (bicyclic) bond motifs is 1. The number of aromatic nitrogens is 3. The number of alkyl halides is 3. The maximum Gasteiger partial charge on any atom is 0.416 e.